The molecule has 1 aliphatic heterocycles. The second kappa shape index (κ2) is 7.09. The predicted molar refractivity (Wildman–Crippen MR) is 81.4 cm³/mol. The van der Waals surface area contributed by atoms with Gasteiger partial charge in [0.2, 0.25) is 5.76 Å². The number of hydrogen-bond acceptors (Lipinski definition) is 5. The number of esters is 1. The van der Waals surface area contributed by atoms with Gasteiger partial charge in [-0.2, -0.15) is 0 Å². The van der Waals surface area contributed by atoms with Crippen molar-refractivity contribution in [1.82, 2.24) is 9.80 Å². The lowest BCUT2D eigenvalue weighted by Crippen LogP contribution is -2.43. The molecule has 0 spiro atoms. The van der Waals surface area contributed by atoms with Crippen molar-refractivity contribution in [2.24, 2.45) is 0 Å². The second-order valence-electron chi connectivity index (χ2n) is 5.70. The first-order valence-corrected chi connectivity index (χ1v) is 7.69. The van der Waals surface area contributed by atoms with Crippen LogP contribution in [0.5, 0.6) is 0 Å². The largest absolute Gasteiger partial charge is 0.463 e. The molecule has 1 atom stereocenters. The maximum atomic E-state index is 11.5. The van der Waals surface area contributed by atoms with Crippen molar-refractivity contribution in [2.45, 2.75) is 38.8 Å². The minimum absolute atomic E-state index is 0.154. The molecule has 1 saturated heterocycles. The Morgan fingerprint density at radius 2 is 2.14 bits per heavy atom. The summed E-state index contributed by atoms with van der Waals surface area (Å²) < 4.78 is 10.3. The number of carbonyl (C=O) groups excluding carboxylic acids is 1. The Morgan fingerprint density at radius 3 is 2.71 bits per heavy atom. The molecular formula is C16H26N2O3. The molecule has 0 amide bonds. The molecule has 21 heavy (non-hydrogen) atoms. The van der Waals surface area contributed by atoms with Gasteiger partial charge in [-0.15, -0.1) is 0 Å². The van der Waals surface area contributed by atoms with Gasteiger partial charge in [-0.05, 0) is 58.6 Å². The standard InChI is InChI=1S/C16H26N2O3/c1-5-18-10-8-13(9-11-18)17(3)12(2)14-6-7-15(21-14)16(19)20-4/h6-7,12-13H,5,8-11H2,1-4H3. The molecule has 0 aliphatic carbocycles. The molecule has 1 fully saturated rings. The Kier molecular flexibility index (Phi) is 5.42. The van der Waals surface area contributed by atoms with Gasteiger partial charge in [0.25, 0.3) is 0 Å². The van der Waals surface area contributed by atoms with Crippen molar-refractivity contribution in [1.29, 1.82) is 0 Å². The van der Waals surface area contributed by atoms with Crippen molar-refractivity contribution >= 4 is 5.97 Å². The van der Waals surface area contributed by atoms with E-state index in [0.29, 0.717) is 6.04 Å². The number of methoxy groups -OCH3 is 1. The van der Waals surface area contributed by atoms with Crippen LogP contribution in [0.4, 0.5) is 0 Å². The molecule has 1 aromatic rings. The van der Waals surface area contributed by atoms with E-state index >= 15 is 0 Å². The number of rotatable bonds is 5. The number of likely N-dealkylation sites (tertiary alicyclic amines) is 1. The summed E-state index contributed by atoms with van der Waals surface area (Å²) in [5.41, 5.74) is 0. The number of hydrogen-bond donors (Lipinski definition) is 0. The van der Waals surface area contributed by atoms with Crippen molar-refractivity contribution in [3.8, 4) is 0 Å². The van der Waals surface area contributed by atoms with E-state index in [9.17, 15) is 4.79 Å². The van der Waals surface area contributed by atoms with Crippen molar-refractivity contribution in [2.75, 3.05) is 33.8 Å². The molecule has 118 valence electrons. The molecule has 0 N–H and O–H groups in total. The molecule has 0 aromatic carbocycles. The van der Waals surface area contributed by atoms with Crippen LogP contribution in [0.2, 0.25) is 0 Å². The monoisotopic (exact) mass is 294 g/mol. The quantitative estimate of drug-likeness (QED) is 0.781. The van der Waals surface area contributed by atoms with E-state index in [-0.39, 0.29) is 11.8 Å². The summed E-state index contributed by atoms with van der Waals surface area (Å²) in [5, 5.41) is 0. The number of nitrogens with zero attached hydrogens (tertiary/aromatic N) is 2. The second-order valence-corrected chi connectivity index (χ2v) is 5.70. The topological polar surface area (TPSA) is 45.9 Å². The summed E-state index contributed by atoms with van der Waals surface area (Å²) in [6.45, 7) is 7.77. The molecule has 1 unspecified atom stereocenters. The van der Waals surface area contributed by atoms with E-state index in [1.165, 1.54) is 20.0 Å². The first-order chi connectivity index (χ1) is 10.1. The SMILES string of the molecule is CCN1CCC(N(C)C(C)c2ccc(C(=O)OC)o2)CC1. The maximum Gasteiger partial charge on any atom is 0.373 e. The lowest BCUT2D eigenvalue weighted by molar-refractivity contribution is 0.0554. The van der Waals surface area contributed by atoms with E-state index in [2.05, 4.69) is 35.4 Å². The molecule has 1 aromatic heterocycles. The Balaban J connectivity index is 1.97. The van der Waals surface area contributed by atoms with Crippen LogP contribution in [0.3, 0.4) is 0 Å². The zero-order chi connectivity index (χ0) is 15.4. The van der Waals surface area contributed by atoms with Gasteiger partial charge in [0.1, 0.15) is 5.76 Å². The van der Waals surface area contributed by atoms with Crippen LogP contribution in [-0.4, -0.2) is 55.6 Å². The van der Waals surface area contributed by atoms with Gasteiger partial charge < -0.3 is 14.1 Å². The molecule has 2 heterocycles. The van der Waals surface area contributed by atoms with E-state index in [0.717, 1.165) is 25.4 Å². The minimum Gasteiger partial charge on any atom is -0.463 e. The lowest BCUT2D eigenvalue weighted by atomic mass is 10.0. The van der Waals surface area contributed by atoms with E-state index in [1.54, 1.807) is 6.07 Å². The van der Waals surface area contributed by atoms with Gasteiger partial charge in [-0.1, -0.05) is 6.92 Å². The maximum absolute atomic E-state index is 11.5. The van der Waals surface area contributed by atoms with E-state index < -0.39 is 5.97 Å². The van der Waals surface area contributed by atoms with Crippen LogP contribution >= 0.6 is 0 Å². The Morgan fingerprint density at radius 1 is 1.48 bits per heavy atom. The summed E-state index contributed by atoms with van der Waals surface area (Å²) in [5.74, 6) is 0.664. The average Bonchev–Trinajstić information content (AvgIpc) is 3.02. The first kappa shape index (κ1) is 16.0. The number of furan rings is 1. The van der Waals surface area contributed by atoms with Crippen LogP contribution in [0.25, 0.3) is 0 Å². The fourth-order valence-electron chi connectivity index (χ4n) is 2.95. The summed E-state index contributed by atoms with van der Waals surface area (Å²) in [6, 6.07) is 4.27. The third kappa shape index (κ3) is 3.66. The summed E-state index contributed by atoms with van der Waals surface area (Å²) in [6.07, 6.45) is 2.36. The zero-order valence-corrected chi connectivity index (χ0v) is 13.5. The van der Waals surface area contributed by atoms with Crippen molar-refractivity contribution in [3.05, 3.63) is 23.7 Å². The third-order valence-corrected chi connectivity index (χ3v) is 4.62. The molecule has 5 heteroatoms. The summed E-state index contributed by atoms with van der Waals surface area (Å²) >= 11 is 0. The lowest BCUT2D eigenvalue weighted by Gasteiger charge is -2.38. The highest BCUT2D eigenvalue weighted by Crippen LogP contribution is 2.27. The highest BCUT2D eigenvalue weighted by atomic mass is 16.5. The van der Waals surface area contributed by atoms with Crippen molar-refractivity contribution in [3.63, 3.8) is 0 Å². The van der Waals surface area contributed by atoms with Crippen LogP contribution in [0.15, 0.2) is 16.5 Å². The number of ether oxygens (including phenoxy) is 1. The zero-order valence-electron chi connectivity index (χ0n) is 13.5. The third-order valence-electron chi connectivity index (χ3n) is 4.62. The fraction of sp³-hybridized carbons (Fsp3) is 0.688. The van der Waals surface area contributed by atoms with Crippen LogP contribution in [0, 0.1) is 0 Å². The average molecular weight is 294 g/mol. The van der Waals surface area contributed by atoms with Crippen molar-refractivity contribution < 1.29 is 13.9 Å². The van der Waals surface area contributed by atoms with Crippen LogP contribution in [0.1, 0.15) is 49.0 Å². The highest BCUT2D eigenvalue weighted by molar-refractivity contribution is 5.86. The summed E-state index contributed by atoms with van der Waals surface area (Å²) in [4.78, 5) is 16.3. The van der Waals surface area contributed by atoms with Crippen LogP contribution in [-0.2, 0) is 4.74 Å². The first-order valence-electron chi connectivity index (χ1n) is 7.69. The van der Waals surface area contributed by atoms with Gasteiger partial charge in [0.15, 0.2) is 0 Å². The van der Waals surface area contributed by atoms with E-state index in [4.69, 9.17) is 4.42 Å². The molecular weight excluding hydrogens is 268 g/mol. The molecule has 1 aliphatic rings. The molecule has 0 radical (unpaired) electrons. The molecule has 5 nitrogen and oxygen atoms in total. The number of piperidine rings is 1. The summed E-state index contributed by atoms with van der Waals surface area (Å²) in [7, 11) is 3.50. The van der Waals surface area contributed by atoms with Crippen LogP contribution < -0.4 is 0 Å². The fourth-order valence-corrected chi connectivity index (χ4v) is 2.95. The predicted octanol–water partition coefficient (Wildman–Crippen LogP) is 2.54. The molecule has 0 saturated carbocycles. The van der Waals surface area contributed by atoms with Gasteiger partial charge in [0.05, 0.1) is 13.2 Å². The minimum atomic E-state index is -0.424. The van der Waals surface area contributed by atoms with Gasteiger partial charge in [-0.3, -0.25) is 4.90 Å². The Bertz CT molecular complexity index is 464. The smallest absolute Gasteiger partial charge is 0.373 e. The molecule has 0 bridgehead atoms. The van der Waals surface area contributed by atoms with Gasteiger partial charge in [0, 0.05) is 6.04 Å². The molecule has 2 rings (SSSR count). The van der Waals surface area contributed by atoms with E-state index in [1.807, 2.05) is 6.07 Å². The van der Waals surface area contributed by atoms with Gasteiger partial charge in [-0.25, -0.2) is 4.79 Å². The Hall–Kier alpha value is -1.33. The normalized spacial score (nSPS) is 18.9. The van der Waals surface area contributed by atoms with Gasteiger partial charge >= 0.3 is 5.97 Å². The Labute approximate surface area is 126 Å². The highest BCUT2D eigenvalue weighted by Gasteiger charge is 2.27. The number of carbonyl (C=O) groups is 1.